The summed E-state index contributed by atoms with van der Waals surface area (Å²) < 4.78 is 33.7. The molecule has 0 aliphatic carbocycles. The Morgan fingerprint density at radius 1 is 1.00 bits per heavy atom. The zero-order valence-corrected chi connectivity index (χ0v) is 17.9. The number of hydrogen-bond donors (Lipinski definition) is 2. The number of sulfonamides is 1. The number of nitrogens with zero attached hydrogens (tertiary/aromatic N) is 1. The third-order valence-electron chi connectivity index (χ3n) is 4.39. The summed E-state index contributed by atoms with van der Waals surface area (Å²) in [5.74, 6) is 0.00637. The SMILES string of the molecule is Cc1cccc(NS(=O)(=O)c2cc(NC(=O)COc3ccc(C#N)cc3)ccc2C)c1. The van der Waals surface area contributed by atoms with E-state index in [1.54, 1.807) is 61.5 Å². The molecule has 0 radical (unpaired) electrons. The van der Waals surface area contributed by atoms with Crippen LogP contribution in [0.15, 0.2) is 71.6 Å². The van der Waals surface area contributed by atoms with E-state index in [1.165, 1.54) is 6.07 Å². The van der Waals surface area contributed by atoms with Crippen LogP contribution in [0.4, 0.5) is 11.4 Å². The maximum atomic E-state index is 12.9. The van der Waals surface area contributed by atoms with E-state index < -0.39 is 15.9 Å². The molecule has 0 unspecified atom stereocenters. The molecule has 3 aromatic rings. The van der Waals surface area contributed by atoms with E-state index in [-0.39, 0.29) is 11.5 Å². The Morgan fingerprint density at radius 3 is 2.42 bits per heavy atom. The zero-order valence-electron chi connectivity index (χ0n) is 17.0. The van der Waals surface area contributed by atoms with Crippen molar-refractivity contribution in [1.29, 1.82) is 5.26 Å². The van der Waals surface area contributed by atoms with Gasteiger partial charge in [0.05, 0.1) is 16.5 Å². The largest absolute Gasteiger partial charge is 0.484 e. The fraction of sp³-hybridized carbons (Fsp3) is 0.130. The van der Waals surface area contributed by atoms with Crippen molar-refractivity contribution < 1.29 is 17.9 Å². The van der Waals surface area contributed by atoms with Crippen LogP contribution < -0.4 is 14.8 Å². The molecule has 1 amide bonds. The van der Waals surface area contributed by atoms with E-state index in [9.17, 15) is 13.2 Å². The second-order valence-corrected chi connectivity index (χ2v) is 8.58. The highest BCUT2D eigenvalue weighted by molar-refractivity contribution is 7.92. The second-order valence-electron chi connectivity index (χ2n) is 6.93. The summed E-state index contributed by atoms with van der Waals surface area (Å²) in [6.07, 6.45) is 0. The molecule has 0 spiro atoms. The summed E-state index contributed by atoms with van der Waals surface area (Å²) in [7, 11) is -3.84. The summed E-state index contributed by atoms with van der Waals surface area (Å²) >= 11 is 0. The van der Waals surface area contributed by atoms with Gasteiger partial charge in [-0.05, 0) is 73.5 Å². The highest BCUT2D eigenvalue weighted by Crippen LogP contribution is 2.23. The number of rotatable bonds is 7. The van der Waals surface area contributed by atoms with Gasteiger partial charge in [0.15, 0.2) is 6.61 Å². The molecule has 0 aliphatic rings. The number of carbonyl (C=O) groups excluding carboxylic acids is 1. The van der Waals surface area contributed by atoms with Crippen molar-refractivity contribution in [3.05, 3.63) is 83.4 Å². The zero-order chi connectivity index (χ0) is 22.4. The number of anilines is 2. The van der Waals surface area contributed by atoms with E-state index in [0.717, 1.165) is 5.56 Å². The van der Waals surface area contributed by atoms with Crippen LogP contribution in [-0.2, 0) is 14.8 Å². The van der Waals surface area contributed by atoms with E-state index in [2.05, 4.69) is 10.0 Å². The Balaban J connectivity index is 1.69. The maximum Gasteiger partial charge on any atom is 0.262 e. The lowest BCUT2D eigenvalue weighted by atomic mass is 10.2. The number of hydrogen-bond acceptors (Lipinski definition) is 5. The van der Waals surface area contributed by atoms with Gasteiger partial charge in [0.1, 0.15) is 5.75 Å². The summed E-state index contributed by atoms with van der Waals surface area (Å²) in [6.45, 7) is 3.30. The van der Waals surface area contributed by atoms with Crippen LogP contribution in [0.25, 0.3) is 0 Å². The van der Waals surface area contributed by atoms with Crippen molar-refractivity contribution in [2.24, 2.45) is 0 Å². The summed E-state index contributed by atoms with van der Waals surface area (Å²) in [4.78, 5) is 12.3. The lowest BCUT2D eigenvalue weighted by molar-refractivity contribution is -0.118. The molecule has 0 atom stereocenters. The number of nitriles is 1. The van der Waals surface area contributed by atoms with Crippen LogP contribution in [0, 0.1) is 25.2 Å². The molecule has 158 valence electrons. The van der Waals surface area contributed by atoms with E-state index >= 15 is 0 Å². The summed E-state index contributed by atoms with van der Waals surface area (Å²) in [5.41, 5.74) is 2.77. The van der Waals surface area contributed by atoms with Gasteiger partial charge in [-0.2, -0.15) is 5.26 Å². The molecule has 0 bridgehead atoms. The van der Waals surface area contributed by atoms with Crippen LogP contribution in [0.2, 0.25) is 0 Å². The molecule has 0 fully saturated rings. The third-order valence-corrected chi connectivity index (χ3v) is 5.91. The van der Waals surface area contributed by atoms with Crippen LogP contribution in [0.3, 0.4) is 0 Å². The minimum Gasteiger partial charge on any atom is -0.484 e. The molecular weight excluding hydrogens is 414 g/mol. The molecule has 7 nitrogen and oxygen atoms in total. The van der Waals surface area contributed by atoms with Gasteiger partial charge in [-0.25, -0.2) is 8.42 Å². The van der Waals surface area contributed by atoms with Crippen molar-refractivity contribution in [3.63, 3.8) is 0 Å². The summed E-state index contributed by atoms with van der Waals surface area (Å²) in [5, 5.41) is 11.4. The molecule has 3 rings (SSSR count). The number of nitrogens with one attached hydrogen (secondary N) is 2. The molecule has 31 heavy (non-hydrogen) atoms. The van der Waals surface area contributed by atoms with E-state index in [4.69, 9.17) is 10.00 Å². The van der Waals surface area contributed by atoms with Crippen molar-refractivity contribution in [2.45, 2.75) is 18.7 Å². The number of benzene rings is 3. The van der Waals surface area contributed by atoms with Gasteiger partial charge in [-0.15, -0.1) is 0 Å². The average Bonchev–Trinajstić information content (AvgIpc) is 2.73. The van der Waals surface area contributed by atoms with Crippen LogP contribution >= 0.6 is 0 Å². The first-order valence-corrected chi connectivity index (χ1v) is 10.9. The first kappa shape index (κ1) is 21.9. The monoisotopic (exact) mass is 435 g/mol. The number of amides is 1. The van der Waals surface area contributed by atoms with Crippen molar-refractivity contribution in [1.82, 2.24) is 0 Å². The molecule has 2 N–H and O–H groups in total. The van der Waals surface area contributed by atoms with Crippen molar-refractivity contribution in [3.8, 4) is 11.8 Å². The van der Waals surface area contributed by atoms with E-state index in [1.807, 2.05) is 19.1 Å². The lowest BCUT2D eigenvalue weighted by Gasteiger charge is -2.13. The molecule has 0 aliphatic heterocycles. The first-order valence-electron chi connectivity index (χ1n) is 9.40. The minimum atomic E-state index is -3.84. The highest BCUT2D eigenvalue weighted by Gasteiger charge is 2.18. The fourth-order valence-corrected chi connectivity index (χ4v) is 4.18. The maximum absolute atomic E-state index is 12.9. The van der Waals surface area contributed by atoms with Crippen LogP contribution in [-0.4, -0.2) is 20.9 Å². The normalized spacial score (nSPS) is 10.7. The quantitative estimate of drug-likeness (QED) is 0.583. The second kappa shape index (κ2) is 9.32. The fourth-order valence-electron chi connectivity index (χ4n) is 2.86. The minimum absolute atomic E-state index is 0.0693. The predicted molar refractivity (Wildman–Crippen MR) is 118 cm³/mol. The third kappa shape index (κ3) is 5.84. The Morgan fingerprint density at radius 2 is 1.74 bits per heavy atom. The highest BCUT2D eigenvalue weighted by atomic mass is 32.2. The Hall–Kier alpha value is -3.83. The number of aryl methyl sites for hydroxylation is 2. The molecular formula is C23H21N3O4S. The molecule has 0 aromatic heterocycles. The first-order chi connectivity index (χ1) is 14.8. The summed E-state index contributed by atoms with van der Waals surface area (Å²) in [6, 6.07) is 20.1. The Labute approximate surface area is 181 Å². The number of ether oxygens (including phenoxy) is 1. The van der Waals surface area contributed by atoms with Crippen molar-refractivity contribution >= 4 is 27.3 Å². The topological polar surface area (TPSA) is 108 Å². The van der Waals surface area contributed by atoms with Crippen molar-refractivity contribution in [2.75, 3.05) is 16.6 Å². The molecule has 0 saturated heterocycles. The molecule has 8 heteroatoms. The smallest absolute Gasteiger partial charge is 0.262 e. The lowest BCUT2D eigenvalue weighted by Crippen LogP contribution is -2.21. The van der Waals surface area contributed by atoms with E-state index in [0.29, 0.717) is 28.3 Å². The van der Waals surface area contributed by atoms with Gasteiger partial charge < -0.3 is 10.1 Å². The molecule has 0 heterocycles. The Bertz CT molecular complexity index is 1250. The predicted octanol–water partition coefficient (Wildman–Crippen LogP) is 3.99. The Kier molecular flexibility index (Phi) is 6.58. The van der Waals surface area contributed by atoms with Gasteiger partial charge in [-0.1, -0.05) is 18.2 Å². The standard InChI is InChI=1S/C23H21N3O4S/c1-16-4-3-5-20(12-16)26-31(28,29)22-13-19(9-6-17(22)2)25-23(27)15-30-21-10-7-18(14-24)8-11-21/h3-13,26H,15H2,1-2H3,(H,25,27). The number of carbonyl (C=O) groups is 1. The molecule has 0 saturated carbocycles. The molecule has 3 aromatic carbocycles. The van der Waals surface area contributed by atoms with Gasteiger partial charge in [-0.3, -0.25) is 9.52 Å². The van der Waals surface area contributed by atoms with Crippen LogP contribution in [0.5, 0.6) is 5.75 Å². The van der Waals surface area contributed by atoms with Crippen LogP contribution in [0.1, 0.15) is 16.7 Å². The van der Waals surface area contributed by atoms with Gasteiger partial charge >= 0.3 is 0 Å². The average molecular weight is 436 g/mol. The van der Waals surface area contributed by atoms with Gasteiger partial charge in [0.2, 0.25) is 0 Å². The van der Waals surface area contributed by atoms with Gasteiger partial charge in [0.25, 0.3) is 15.9 Å². The van der Waals surface area contributed by atoms with Gasteiger partial charge in [0, 0.05) is 11.4 Å².